The number of piperidine rings is 1. The number of amides is 1. The van der Waals surface area contributed by atoms with E-state index in [4.69, 9.17) is 13.3 Å². The van der Waals surface area contributed by atoms with E-state index in [0.29, 0.717) is 12.8 Å². The van der Waals surface area contributed by atoms with E-state index in [-0.39, 0.29) is 12.6 Å². The highest BCUT2D eigenvalue weighted by molar-refractivity contribution is 5.57. The fraction of sp³-hybridized carbons (Fsp3) is 0.900. The molecular weight excluding hydrogens is 180 g/mol. The molecule has 14 heavy (non-hydrogen) atoms. The third-order valence-electron chi connectivity index (χ3n) is 2.00. The molecule has 0 spiro atoms. The predicted octanol–water partition coefficient (Wildman–Crippen LogP) is -0.0725. The standard InChI is InChI=1S/C10H20N2O2/c1-10(2,3)14-9(13)12-6-4-8(11)5-7-12/h8H,4-7,11H2,1-3H3/p+1/i6D/hD. The Bertz CT molecular complexity index is 280. The van der Waals surface area contributed by atoms with Crippen molar-refractivity contribution in [1.82, 2.24) is 0 Å². The number of nitrogens with one attached hydrogen (secondary N) is 1. The Morgan fingerprint density at radius 1 is 1.64 bits per heavy atom. The van der Waals surface area contributed by atoms with Crippen LogP contribution in [-0.2, 0) is 4.74 Å². The summed E-state index contributed by atoms with van der Waals surface area (Å²) in [5.74, 6) is 0. The number of quaternary nitrogens is 1. The molecule has 1 aliphatic heterocycles. The summed E-state index contributed by atoms with van der Waals surface area (Å²) in [6.07, 6.45) is 0.292. The molecule has 4 nitrogen and oxygen atoms in total. The van der Waals surface area contributed by atoms with E-state index in [1.165, 1.54) is 0 Å². The minimum atomic E-state index is -0.849. The highest BCUT2D eigenvalue weighted by Crippen LogP contribution is 2.06. The molecular formula is C10H21N2O2+. The molecule has 0 radical (unpaired) electrons. The van der Waals surface area contributed by atoms with Crippen LogP contribution in [0.3, 0.4) is 0 Å². The first-order valence-electron chi connectivity index (χ1n) is 5.99. The molecule has 0 bridgehead atoms. The van der Waals surface area contributed by atoms with Crippen molar-refractivity contribution < 1.29 is 17.2 Å². The first-order valence-corrected chi connectivity index (χ1v) is 4.97. The summed E-state index contributed by atoms with van der Waals surface area (Å²) in [6.45, 7) is 4.67. The predicted molar refractivity (Wildman–Crippen MR) is 54.1 cm³/mol. The molecule has 1 heterocycles. The monoisotopic (exact) mass is 203 g/mol. The highest BCUT2D eigenvalue weighted by Gasteiger charge is 2.30. The molecule has 3 atom stereocenters. The average Bonchev–Trinajstić information content (AvgIpc) is 2.09. The van der Waals surface area contributed by atoms with Gasteiger partial charge in [0.15, 0.2) is 0 Å². The Hall–Kier alpha value is -0.610. The molecule has 0 aromatic rings. The minimum Gasteiger partial charge on any atom is -0.414 e. The third kappa shape index (κ3) is 3.64. The number of ether oxygens (including phenoxy) is 1. The quantitative estimate of drug-likeness (QED) is 0.579. The Labute approximate surface area is 88.3 Å². The third-order valence-corrected chi connectivity index (χ3v) is 2.00. The maximum atomic E-state index is 11.9. The van der Waals surface area contributed by atoms with Crippen molar-refractivity contribution in [1.29, 1.82) is 0 Å². The van der Waals surface area contributed by atoms with Crippen molar-refractivity contribution in [3.63, 3.8) is 0 Å². The van der Waals surface area contributed by atoms with Crippen molar-refractivity contribution in [3.05, 3.63) is 0 Å². The summed E-state index contributed by atoms with van der Waals surface area (Å²) in [7, 11) is 0. The second-order valence-corrected chi connectivity index (χ2v) is 4.64. The lowest BCUT2D eigenvalue weighted by Gasteiger charge is -2.27. The molecule has 0 aromatic heterocycles. The van der Waals surface area contributed by atoms with Gasteiger partial charge in [-0.05, 0) is 20.8 Å². The Kier molecular flexibility index (Phi) is 2.65. The van der Waals surface area contributed by atoms with E-state index < -0.39 is 23.1 Å². The zero-order valence-corrected chi connectivity index (χ0v) is 9.12. The Morgan fingerprint density at radius 2 is 2.29 bits per heavy atom. The second kappa shape index (κ2) is 4.28. The highest BCUT2D eigenvalue weighted by atomic mass is 16.6. The second-order valence-electron chi connectivity index (χ2n) is 4.64. The smallest absolute Gasteiger partial charge is 0.414 e. The van der Waals surface area contributed by atoms with Crippen LogP contribution in [-0.4, -0.2) is 30.8 Å². The minimum absolute atomic E-state index is 0.0819. The van der Waals surface area contributed by atoms with Gasteiger partial charge in [-0.1, -0.05) is 0 Å². The van der Waals surface area contributed by atoms with Crippen LogP contribution >= 0.6 is 0 Å². The summed E-state index contributed by atoms with van der Waals surface area (Å²) in [5, 5.41) is 0. The van der Waals surface area contributed by atoms with Crippen molar-refractivity contribution in [2.45, 2.75) is 45.3 Å². The summed E-state index contributed by atoms with van der Waals surface area (Å²) < 4.78 is 21.0. The molecule has 4 heteroatoms. The van der Waals surface area contributed by atoms with Crippen LogP contribution in [0.5, 0.6) is 0 Å². The summed E-state index contributed by atoms with van der Waals surface area (Å²) >= 11 is 0. The van der Waals surface area contributed by atoms with Crippen LogP contribution < -0.4 is 10.6 Å². The SMILES string of the molecule is [2H]C1CC(N)CC[N+]1([2H])C(=O)OC(C)(C)C. The van der Waals surface area contributed by atoms with Crippen LogP contribution in [0.4, 0.5) is 4.79 Å². The molecule has 1 fully saturated rings. The van der Waals surface area contributed by atoms with Gasteiger partial charge in [-0.2, -0.15) is 4.79 Å². The topological polar surface area (TPSA) is 56.8 Å². The van der Waals surface area contributed by atoms with Gasteiger partial charge in [-0.25, -0.2) is 4.89 Å². The summed E-state index contributed by atoms with van der Waals surface area (Å²) in [5.41, 5.74) is 5.09. The van der Waals surface area contributed by atoms with Gasteiger partial charge in [0.1, 0.15) is 5.60 Å². The fourth-order valence-electron chi connectivity index (χ4n) is 1.26. The van der Waals surface area contributed by atoms with Crippen LogP contribution in [0.1, 0.15) is 35.0 Å². The fourth-order valence-corrected chi connectivity index (χ4v) is 1.26. The van der Waals surface area contributed by atoms with Gasteiger partial charge in [0.25, 0.3) is 0 Å². The number of likely N-dealkylation sites (tertiary alicyclic amines) is 1. The zero-order chi connectivity index (χ0) is 12.6. The van der Waals surface area contributed by atoms with Gasteiger partial charge in [-0.15, -0.1) is 0 Å². The van der Waals surface area contributed by atoms with E-state index in [2.05, 4.69) is 0 Å². The molecule has 1 saturated heterocycles. The maximum Gasteiger partial charge on any atom is 0.514 e. The molecule has 0 aromatic carbocycles. The number of hydrogen-bond acceptors (Lipinski definition) is 3. The van der Waals surface area contributed by atoms with Gasteiger partial charge < -0.3 is 10.5 Å². The number of carbonyl (C=O) groups is 1. The molecule has 3 N–H and O–H groups in total. The largest absolute Gasteiger partial charge is 0.514 e. The van der Waals surface area contributed by atoms with Crippen LogP contribution in [0.25, 0.3) is 0 Å². The molecule has 1 amide bonds. The number of nitrogens with two attached hydrogens (primary N) is 1. The number of carbonyl (C=O) groups excluding carboxylic acids is 1. The van der Waals surface area contributed by atoms with E-state index in [1.807, 2.05) is 0 Å². The molecule has 0 saturated carbocycles. The van der Waals surface area contributed by atoms with Crippen molar-refractivity contribution >= 4 is 6.09 Å². The van der Waals surface area contributed by atoms with E-state index in [1.54, 1.807) is 20.8 Å². The molecule has 0 aliphatic carbocycles. The Morgan fingerprint density at radius 3 is 2.79 bits per heavy atom. The summed E-state index contributed by atoms with van der Waals surface area (Å²) in [4.78, 5) is 11.1. The average molecular weight is 203 g/mol. The van der Waals surface area contributed by atoms with Crippen molar-refractivity contribution in [3.8, 4) is 0 Å². The van der Waals surface area contributed by atoms with Crippen LogP contribution in [0, 0.1) is 0 Å². The van der Waals surface area contributed by atoms with E-state index >= 15 is 0 Å². The normalized spacial score (nSPS) is 41.1. The molecule has 1 rings (SSSR count). The molecule has 1 aliphatic rings. The lowest BCUT2D eigenvalue weighted by molar-refractivity contribution is -0.830. The van der Waals surface area contributed by atoms with E-state index in [0.717, 1.165) is 0 Å². The maximum absolute atomic E-state index is 11.9. The Balaban J connectivity index is 2.73. The van der Waals surface area contributed by atoms with Gasteiger partial charge in [0, 0.05) is 18.9 Å². The molecule has 82 valence electrons. The first-order chi connectivity index (χ1) is 7.15. The lowest BCUT2D eigenvalue weighted by atomic mass is 10.1. The zero-order valence-electron chi connectivity index (χ0n) is 11.1. The van der Waals surface area contributed by atoms with Gasteiger partial charge in [0.2, 0.25) is 0 Å². The van der Waals surface area contributed by atoms with Gasteiger partial charge in [-0.3, -0.25) is 0 Å². The summed E-state index contributed by atoms with van der Waals surface area (Å²) in [6, 6.07) is -0.0819. The number of hydrogen-bond donors (Lipinski definition) is 2. The first kappa shape index (κ1) is 8.68. The van der Waals surface area contributed by atoms with E-state index in [9.17, 15) is 4.79 Å². The lowest BCUT2D eigenvalue weighted by Crippen LogP contribution is -3.16. The van der Waals surface area contributed by atoms with Gasteiger partial charge in [0.05, 0.1) is 14.4 Å². The van der Waals surface area contributed by atoms with Crippen molar-refractivity contribution in [2.24, 2.45) is 5.73 Å². The number of rotatable bonds is 0. The van der Waals surface area contributed by atoms with Crippen LogP contribution in [0.2, 0.25) is 1.41 Å². The van der Waals surface area contributed by atoms with Crippen molar-refractivity contribution in [2.75, 3.05) is 13.1 Å². The number of alkyl carbamates (subject to hydrolysis) is 2. The van der Waals surface area contributed by atoms with Gasteiger partial charge >= 0.3 is 7.51 Å². The molecule has 3 unspecified atom stereocenters. The van der Waals surface area contributed by atoms with Crippen LogP contribution in [0.15, 0.2) is 0 Å².